The highest BCUT2D eigenvalue weighted by Crippen LogP contribution is 2.26. The molecule has 3 rings (SSSR count). The molecule has 1 amide bonds. The average Bonchev–Trinajstić information content (AvgIpc) is 3.19. The first kappa shape index (κ1) is 19.8. The second-order valence-electron chi connectivity index (χ2n) is 6.51. The Morgan fingerprint density at radius 1 is 1.19 bits per heavy atom. The summed E-state index contributed by atoms with van der Waals surface area (Å²) < 4.78 is 40.7. The molecule has 5 nitrogen and oxygen atoms in total. The van der Waals surface area contributed by atoms with Gasteiger partial charge in [-0.3, -0.25) is 4.79 Å². The first-order valence-electron chi connectivity index (χ1n) is 8.59. The van der Waals surface area contributed by atoms with Gasteiger partial charge in [0, 0.05) is 32.2 Å². The van der Waals surface area contributed by atoms with E-state index in [1.165, 1.54) is 40.5 Å². The van der Waals surface area contributed by atoms with Crippen molar-refractivity contribution < 1.29 is 17.6 Å². The third kappa shape index (κ3) is 4.15. The maximum Gasteiger partial charge on any atom is 0.255 e. The van der Waals surface area contributed by atoms with Crippen LogP contribution in [0.1, 0.15) is 28.8 Å². The number of benzene rings is 2. The van der Waals surface area contributed by atoms with Gasteiger partial charge in [0.25, 0.3) is 5.91 Å². The second-order valence-corrected chi connectivity index (χ2v) is 8.85. The van der Waals surface area contributed by atoms with Gasteiger partial charge in [0.1, 0.15) is 5.82 Å². The van der Waals surface area contributed by atoms with Gasteiger partial charge in [-0.1, -0.05) is 29.8 Å². The van der Waals surface area contributed by atoms with Crippen LogP contribution in [0.25, 0.3) is 0 Å². The van der Waals surface area contributed by atoms with Crippen molar-refractivity contribution in [3.05, 3.63) is 64.4 Å². The van der Waals surface area contributed by atoms with Crippen LogP contribution < -0.4 is 0 Å². The summed E-state index contributed by atoms with van der Waals surface area (Å²) in [5, 5.41) is 0.153. The molecule has 2 aromatic carbocycles. The highest BCUT2D eigenvalue weighted by Gasteiger charge is 2.28. The minimum Gasteiger partial charge on any atom is -0.337 e. The minimum absolute atomic E-state index is 0.0384. The number of hydrogen-bond donors (Lipinski definition) is 0. The number of rotatable bonds is 5. The van der Waals surface area contributed by atoms with E-state index < -0.39 is 21.7 Å². The molecule has 0 bridgehead atoms. The molecule has 0 atom stereocenters. The summed E-state index contributed by atoms with van der Waals surface area (Å²) in [7, 11) is -2.14. The van der Waals surface area contributed by atoms with Crippen molar-refractivity contribution >= 4 is 27.5 Å². The number of hydrogen-bond acceptors (Lipinski definition) is 3. The lowest BCUT2D eigenvalue weighted by Crippen LogP contribution is -2.29. The van der Waals surface area contributed by atoms with Crippen molar-refractivity contribution in [3.63, 3.8) is 0 Å². The molecule has 1 aliphatic heterocycles. The van der Waals surface area contributed by atoms with E-state index in [2.05, 4.69) is 0 Å². The fraction of sp³-hybridized carbons (Fsp3) is 0.316. The molecular weight excluding hydrogens is 391 g/mol. The molecule has 0 N–H and O–H groups in total. The summed E-state index contributed by atoms with van der Waals surface area (Å²) >= 11 is 6.15. The number of sulfonamides is 1. The predicted octanol–water partition coefficient (Wildman–Crippen LogP) is 3.54. The van der Waals surface area contributed by atoms with Gasteiger partial charge in [-0.05, 0) is 37.1 Å². The van der Waals surface area contributed by atoms with E-state index in [1.54, 1.807) is 18.2 Å². The van der Waals surface area contributed by atoms with Gasteiger partial charge in [-0.2, -0.15) is 4.31 Å². The van der Waals surface area contributed by atoms with Crippen LogP contribution in [0.4, 0.5) is 4.39 Å². The zero-order chi connectivity index (χ0) is 19.6. The third-order valence-corrected chi connectivity index (χ3v) is 6.81. The molecule has 8 heteroatoms. The van der Waals surface area contributed by atoms with Crippen molar-refractivity contribution in [2.24, 2.45) is 0 Å². The van der Waals surface area contributed by atoms with E-state index >= 15 is 0 Å². The maximum atomic E-state index is 13.8. The normalized spacial score (nSPS) is 15.1. The van der Waals surface area contributed by atoms with Crippen LogP contribution in [-0.2, 0) is 16.6 Å². The van der Waals surface area contributed by atoms with Crippen LogP contribution in [0.2, 0.25) is 5.02 Å². The van der Waals surface area contributed by atoms with Gasteiger partial charge >= 0.3 is 0 Å². The van der Waals surface area contributed by atoms with Gasteiger partial charge < -0.3 is 4.90 Å². The molecule has 0 aliphatic carbocycles. The van der Waals surface area contributed by atoms with Crippen molar-refractivity contribution in [1.29, 1.82) is 0 Å². The Bertz CT molecular complexity index is 959. The topological polar surface area (TPSA) is 57.7 Å². The van der Waals surface area contributed by atoms with Gasteiger partial charge in [0.05, 0.1) is 15.5 Å². The lowest BCUT2D eigenvalue weighted by Gasteiger charge is -2.20. The number of carbonyl (C=O) groups is 1. The Kier molecular flexibility index (Phi) is 5.83. The summed E-state index contributed by atoms with van der Waals surface area (Å²) in [4.78, 5) is 14.1. The first-order valence-corrected chi connectivity index (χ1v) is 10.4. The smallest absolute Gasteiger partial charge is 0.255 e. The average molecular weight is 411 g/mol. The van der Waals surface area contributed by atoms with Gasteiger partial charge in [-0.15, -0.1) is 0 Å². The van der Waals surface area contributed by atoms with Crippen molar-refractivity contribution in [2.75, 3.05) is 20.1 Å². The van der Waals surface area contributed by atoms with Crippen LogP contribution in [0.15, 0.2) is 47.4 Å². The molecule has 144 valence electrons. The van der Waals surface area contributed by atoms with Crippen LogP contribution in [0.3, 0.4) is 0 Å². The lowest BCUT2D eigenvalue weighted by atomic mass is 10.1. The Morgan fingerprint density at radius 3 is 2.52 bits per heavy atom. The van der Waals surface area contributed by atoms with Gasteiger partial charge in [0.15, 0.2) is 0 Å². The molecule has 1 saturated heterocycles. The largest absolute Gasteiger partial charge is 0.337 e. The summed E-state index contributed by atoms with van der Waals surface area (Å²) in [5.74, 6) is -0.879. The molecule has 0 radical (unpaired) electrons. The quantitative estimate of drug-likeness (QED) is 0.757. The number of carbonyl (C=O) groups excluding carboxylic acids is 1. The van der Waals surface area contributed by atoms with E-state index in [9.17, 15) is 17.6 Å². The summed E-state index contributed by atoms with van der Waals surface area (Å²) in [6.45, 7) is 0.994. The highest BCUT2D eigenvalue weighted by atomic mass is 35.5. The SMILES string of the molecule is CN(Cc1ccccc1F)C(=O)c1cc(S(=O)(=O)N2CCCC2)ccc1Cl. The fourth-order valence-corrected chi connectivity index (χ4v) is 4.81. The minimum atomic E-state index is -3.66. The van der Waals surface area contributed by atoms with E-state index in [0.717, 1.165) is 12.8 Å². The zero-order valence-electron chi connectivity index (χ0n) is 14.9. The standard InChI is InChI=1S/C19H20ClFN2O3S/c1-22(13-14-6-2-3-7-18(14)21)19(24)16-12-15(8-9-17(16)20)27(25,26)23-10-4-5-11-23/h2-3,6-9,12H,4-5,10-11,13H2,1H3. The van der Waals surface area contributed by atoms with Gasteiger partial charge in [-0.25, -0.2) is 12.8 Å². The third-order valence-electron chi connectivity index (χ3n) is 4.58. The van der Waals surface area contributed by atoms with Crippen molar-refractivity contribution in [2.45, 2.75) is 24.3 Å². The Hall–Kier alpha value is -1.96. The molecule has 0 aromatic heterocycles. The summed E-state index contributed by atoms with van der Waals surface area (Å²) in [5.41, 5.74) is 0.445. The molecule has 27 heavy (non-hydrogen) atoms. The van der Waals surface area contributed by atoms with Crippen LogP contribution >= 0.6 is 11.6 Å². The Morgan fingerprint density at radius 2 is 1.85 bits per heavy atom. The molecule has 0 saturated carbocycles. The maximum absolute atomic E-state index is 13.8. The second kappa shape index (κ2) is 7.96. The highest BCUT2D eigenvalue weighted by molar-refractivity contribution is 7.89. The van der Waals surface area contributed by atoms with Crippen LogP contribution in [-0.4, -0.2) is 43.7 Å². The molecule has 2 aromatic rings. The molecule has 0 unspecified atom stereocenters. The predicted molar refractivity (Wildman–Crippen MR) is 102 cm³/mol. The zero-order valence-corrected chi connectivity index (χ0v) is 16.4. The molecule has 1 fully saturated rings. The molecular formula is C19H20ClFN2O3S. The molecule has 1 aliphatic rings. The Balaban J connectivity index is 1.87. The van der Waals surface area contributed by atoms with Crippen LogP contribution in [0, 0.1) is 5.82 Å². The van der Waals surface area contributed by atoms with Crippen molar-refractivity contribution in [3.8, 4) is 0 Å². The van der Waals surface area contributed by atoms with Crippen LogP contribution in [0.5, 0.6) is 0 Å². The number of halogens is 2. The van der Waals surface area contributed by atoms with E-state index in [1.807, 2.05) is 0 Å². The number of nitrogens with zero attached hydrogens (tertiary/aromatic N) is 2. The summed E-state index contributed by atoms with van der Waals surface area (Å²) in [6, 6.07) is 10.3. The Labute approximate surface area is 163 Å². The fourth-order valence-electron chi connectivity index (χ4n) is 3.07. The van der Waals surface area contributed by atoms with E-state index in [-0.39, 0.29) is 22.0 Å². The molecule has 1 heterocycles. The first-order chi connectivity index (χ1) is 12.8. The van der Waals surface area contributed by atoms with E-state index in [0.29, 0.717) is 18.7 Å². The van der Waals surface area contributed by atoms with E-state index in [4.69, 9.17) is 11.6 Å². The van der Waals surface area contributed by atoms with Crippen molar-refractivity contribution in [1.82, 2.24) is 9.21 Å². The monoisotopic (exact) mass is 410 g/mol. The lowest BCUT2D eigenvalue weighted by molar-refractivity contribution is 0.0784. The number of amides is 1. The molecule has 0 spiro atoms. The van der Waals surface area contributed by atoms with Gasteiger partial charge in [0.2, 0.25) is 10.0 Å². The summed E-state index contributed by atoms with van der Waals surface area (Å²) in [6.07, 6.45) is 1.65.